The SMILES string of the molecule is CS(=O)CCOc1ccc(CN)cc1. The Morgan fingerprint density at radius 2 is 2.00 bits per heavy atom. The first-order valence-corrected chi connectivity index (χ1v) is 6.17. The molecule has 0 radical (unpaired) electrons. The Morgan fingerprint density at radius 1 is 1.36 bits per heavy atom. The number of nitrogens with two attached hydrogens (primary N) is 1. The summed E-state index contributed by atoms with van der Waals surface area (Å²) in [7, 11) is -0.790. The first-order valence-electron chi connectivity index (χ1n) is 4.44. The van der Waals surface area contributed by atoms with Crippen molar-refractivity contribution in [2.75, 3.05) is 18.6 Å². The van der Waals surface area contributed by atoms with Crippen molar-refractivity contribution in [3.63, 3.8) is 0 Å². The molecule has 0 amide bonds. The highest BCUT2D eigenvalue weighted by Gasteiger charge is 1.95. The van der Waals surface area contributed by atoms with Crippen LogP contribution in [-0.4, -0.2) is 22.8 Å². The van der Waals surface area contributed by atoms with E-state index in [4.69, 9.17) is 10.5 Å². The fraction of sp³-hybridized carbons (Fsp3) is 0.400. The van der Waals surface area contributed by atoms with Gasteiger partial charge in [0.05, 0.1) is 12.4 Å². The third-order valence-electron chi connectivity index (χ3n) is 1.80. The Kier molecular flexibility index (Phi) is 4.62. The summed E-state index contributed by atoms with van der Waals surface area (Å²) in [6.45, 7) is 1.03. The molecule has 1 aromatic carbocycles. The molecule has 2 N–H and O–H groups in total. The molecule has 0 saturated heterocycles. The summed E-state index contributed by atoms with van der Waals surface area (Å²) in [5.74, 6) is 1.37. The summed E-state index contributed by atoms with van der Waals surface area (Å²) >= 11 is 0. The predicted octanol–water partition coefficient (Wildman–Crippen LogP) is 0.903. The minimum Gasteiger partial charge on any atom is -0.493 e. The van der Waals surface area contributed by atoms with Crippen LogP contribution in [0.1, 0.15) is 5.56 Å². The maximum absolute atomic E-state index is 10.7. The quantitative estimate of drug-likeness (QED) is 0.790. The molecule has 0 aliphatic rings. The zero-order chi connectivity index (χ0) is 10.4. The molecule has 0 heterocycles. The van der Waals surface area contributed by atoms with Gasteiger partial charge in [0, 0.05) is 23.6 Å². The molecule has 1 atom stereocenters. The van der Waals surface area contributed by atoms with Crippen molar-refractivity contribution in [2.45, 2.75) is 6.54 Å². The standard InChI is InChI=1S/C10H15NO2S/c1-14(12)7-6-13-10-4-2-9(8-11)3-5-10/h2-5H,6-8,11H2,1H3. The molecule has 4 heteroatoms. The smallest absolute Gasteiger partial charge is 0.119 e. The lowest BCUT2D eigenvalue weighted by Gasteiger charge is -2.05. The molecule has 0 fully saturated rings. The lowest BCUT2D eigenvalue weighted by molar-refractivity contribution is 0.342. The highest BCUT2D eigenvalue weighted by Crippen LogP contribution is 2.11. The van der Waals surface area contributed by atoms with E-state index in [1.165, 1.54) is 0 Å². The highest BCUT2D eigenvalue weighted by atomic mass is 32.2. The maximum Gasteiger partial charge on any atom is 0.119 e. The van der Waals surface area contributed by atoms with Crippen LogP contribution >= 0.6 is 0 Å². The van der Waals surface area contributed by atoms with E-state index in [1.54, 1.807) is 6.26 Å². The molecule has 14 heavy (non-hydrogen) atoms. The van der Waals surface area contributed by atoms with Crippen molar-refractivity contribution in [2.24, 2.45) is 5.73 Å². The van der Waals surface area contributed by atoms with Crippen molar-refractivity contribution < 1.29 is 8.95 Å². The molecule has 0 aromatic heterocycles. The zero-order valence-electron chi connectivity index (χ0n) is 8.23. The van der Waals surface area contributed by atoms with E-state index in [9.17, 15) is 4.21 Å². The van der Waals surface area contributed by atoms with Gasteiger partial charge < -0.3 is 10.5 Å². The molecule has 1 aromatic rings. The summed E-state index contributed by atoms with van der Waals surface area (Å²) in [6, 6.07) is 7.61. The van der Waals surface area contributed by atoms with Crippen molar-refractivity contribution in [1.82, 2.24) is 0 Å². The van der Waals surface area contributed by atoms with Gasteiger partial charge in [-0.25, -0.2) is 0 Å². The molecule has 0 spiro atoms. The van der Waals surface area contributed by atoms with Crippen molar-refractivity contribution in [3.8, 4) is 5.75 Å². The van der Waals surface area contributed by atoms with Gasteiger partial charge >= 0.3 is 0 Å². The third kappa shape index (κ3) is 3.89. The number of hydrogen-bond acceptors (Lipinski definition) is 3. The van der Waals surface area contributed by atoms with Crippen molar-refractivity contribution in [3.05, 3.63) is 29.8 Å². The summed E-state index contributed by atoms with van der Waals surface area (Å²) in [5.41, 5.74) is 6.54. The number of hydrogen-bond donors (Lipinski definition) is 1. The predicted molar refractivity (Wildman–Crippen MR) is 58.8 cm³/mol. The van der Waals surface area contributed by atoms with Gasteiger partial charge in [-0.3, -0.25) is 4.21 Å². The van der Waals surface area contributed by atoms with Crippen LogP contribution in [0.5, 0.6) is 5.75 Å². The lowest BCUT2D eigenvalue weighted by atomic mass is 10.2. The second-order valence-corrected chi connectivity index (χ2v) is 4.53. The summed E-state index contributed by atoms with van der Waals surface area (Å²) < 4.78 is 16.1. The van der Waals surface area contributed by atoms with E-state index >= 15 is 0 Å². The number of rotatable bonds is 5. The first-order chi connectivity index (χ1) is 6.72. The van der Waals surface area contributed by atoms with Crippen LogP contribution < -0.4 is 10.5 Å². The van der Waals surface area contributed by atoms with Crippen LogP contribution in [0.15, 0.2) is 24.3 Å². The molecule has 1 rings (SSSR count). The minimum atomic E-state index is -0.790. The second-order valence-electron chi connectivity index (χ2n) is 2.97. The Balaban J connectivity index is 2.40. The molecule has 78 valence electrons. The van der Waals surface area contributed by atoms with Crippen LogP contribution in [0.25, 0.3) is 0 Å². The van der Waals surface area contributed by atoms with Gasteiger partial charge in [-0.05, 0) is 17.7 Å². The Hall–Kier alpha value is -0.870. The molecule has 0 aliphatic heterocycles. The first kappa shape index (κ1) is 11.2. The van der Waals surface area contributed by atoms with Gasteiger partial charge in [0.15, 0.2) is 0 Å². The molecular formula is C10H15NO2S. The van der Waals surface area contributed by atoms with Crippen molar-refractivity contribution in [1.29, 1.82) is 0 Å². The van der Waals surface area contributed by atoms with E-state index in [1.807, 2.05) is 24.3 Å². The van der Waals surface area contributed by atoms with Crippen LogP contribution in [-0.2, 0) is 17.3 Å². The molecule has 0 bridgehead atoms. The largest absolute Gasteiger partial charge is 0.493 e. The number of ether oxygens (including phenoxy) is 1. The topological polar surface area (TPSA) is 52.3 Å². The fourth-order valence-corrected chi connectivity index (χ4v) is 1.32. The van der Waals surface area contributed by atoms with E-state index in [0.717, 1.165) is 11.3 Å². The van der Waals surface area contributed by atoms with Gasteiger partial charge in [-0.2, -0.15) is 0 Å². The van der Waals surface area contributed by atoms with Gasteiger partial charge in [0.1, 0.15) is 5.75 Å². The lowest BCUT2D eigenvalue weighted by Crippen LogP contribution is -2.07. The van der Waals surface area contributed by atoms with E-state index in [2.05, 4.69) is 0 Å². The molecule has 0 aliphatic carbocycles. The van der Waals surface area contributed by atoms with Crippen molar-refractivity contribution >= 4 is 10.8 Å². The second kappa shape index (κ2) is 5.78. The highest BCUT2D eigenvalue weighted by molar-refractivity contribution is 7.84. The molecule has 1 unspecified atom stereocenters. The Labute approximate surface area is 86.7 Å². The summed E-state index contributed by atoms with van der Waals surface area (Å²) in [4.78, 5) is 0. The maximum atomic E-state index is 10.7. The van der Waals surface area contributed by atoms with Gasteiger partial charge in [-0.1, -0.05) is 12.1 Å². The van der Waals surface area contributed by atoms with E-state index in [0.29, 0.717) is 18.9 Å². The monoisotopic (exact) mass is 213 g/mol. The Morgan fingerprint density at radius 3 is 2.50 bits per heavy atom. The average Bonchev–Trinajstić information content (AvgIpc) is 2.18. The molecule has 0 saturated carbocycles. The van der Waals surface area contributed by atoms with Gasteiger partial charge in [-0.15, -0.1) is 0 Å². The minimum absolute atomic E-state index is 0.491. The number of benzene rings is 1. The average molecular weight is 213 g/mol. The summed E-state index contributed by atoms with van der Waals surface area (Å²) in [6.07, 6.45) is 1.67. The van der Waals surface area contributed by atoms with Gasteiger partial charge in [0.25, 0.3) is 0 Å². The van der Waals surface area contributed by atoms with Crippen LogP contribution in [0.2, 0.25) is 0 Å². The Bertz CT molecular complexity index is 297. The van der Waals surface area contributed by atoms with Crippen LogP contribution in [0.3, 0.4) is 0 Å². The normalized spacial score (nSPS) is 12.4. The van der Waals surface area contributed by atoms with Gasteiger partial charge in [0.2, 0.25) is 0 Å². The molecule has 3 nitrogen and oxygen atoms in total. The molecular weight excluding hydrogens is 198 g/mol. The van der Waals surface area contributed by atoms with E-state index < -0.39 is 10.8 Å². The zero-order valence-corrected chi connectivity index (χ0v) is 9.05. The fourth-order valence-electron chi connectivity index (χ4n) is 0.999. The third-order valence-corrected chi connectivity index (χ3v) is 2.54. The van der Waals surface area contributed by atoms with Crippen LogP contribution in [0, 0.1) is 0 Å². The van der Waals surface area contributed by atoms with E-state index in [-0.39, 0.29) is 0 Å². The summed E-state index contributed by atoms with van der Waals surface area (Å²) in [5, 5.41) is 0. The van der Waals surface area contributed by atoms with Crippen LogP contribution in [0.4, 0.5) is 0 Å².